The Balaban J connectivity index is 2.10. The van der Waals surface area contributed by atoms with Gasteiger partial charge in [-0.2, -0.15) is 0 Å². The van der Waals surface area contributed by atoms with Crippen LogP contribution in [0.1, 0.15) is 26.2 Å². The fraction of sp³-hybridized carbons (Fsp3) is 0.909. The fourth-order valence-electron chi connectivity index (χ4n) is 2.37. The summed E-state index contributed by atoms with van der Waals surface area (Å²) in [6.07, 6.45) is 3.00. The Morgan fingerprint density at radius 2 is 2.13 bits per heavy atom. The minimum Gasteiger partial charge on any atom is -0.396 e. The molecule has 0 spiro atoms. The van der Waals surface area contributed by atoms with E-state index in [1.54, 1.807) is 0 Å². The predicted molar refractivity (Wildman–Crippen MR) is 57.5 cm³/mol. The number of hydrogen-bond acceptors (Lipinski definition) is 3. The van der Waals surface area contributed by atoms with Crippen LogP contribution in [0, 0.1) is 0 Å². The predicted octanol–water partition coefficient (Wildman–Crippen LogP) is 0.0623. The van der Waals surface area contributed by atoms with E-state index in [-0.39, 0.29) is 18.6 Å². The number of carbonyl (C=O) groups is 1. The summed E-state index contributed by atoms with van der Waals surface area (Å²) in [4.78, 5) is 16.2. The maximum Gasteiger partial charge on any atom is 0.240 e. The Labute approximate surface area is 90.9 Å². The summed E-state index contributed by atoms with van der Waals surface area (Å²) in [5.74, 6) is 0.176. The number of likely N-dealkylation sites (N-methyl/N-ethyl adjacent to an activating group) is 1. The summed E-state index contributed by atoms with van der Waals surface area (Å²) in [6.45, 7) is 3.14. The highest BCUT2D eigenvalue weighted by molar-refractivity contribution is 5.82. The third-order valence-electron chi connectivity index (χ3n) is 3.59. The summed E-state index contributed by atoms with van der Waals surface area (Å²) < 4.78 is 0. The quantitative estimate of drug-likeness (QED) is 0.719. The van der Waals surface area contributed by atoms with Crippen LogP contribution in [0.25, 0.3) is 0 Å². The van der Waals surface area contributed by atoms with Gasteiger partial charge in [0.2, 0.25) is 5.91 Å². The van der Waals surface area contributed by atoms with Crippen molar-refractivity contribution < 1.29 is 9.90 Å². The van der Waals surface area contributed by atoms with Crippen molar-refractivity contribution in [1.82, 2.24) is 9.80 Å². The molecule has 15 heavy (non-hydrogen) atoms. The Morgan fingerprint density at radius 1 is 1.47 bits per heavy atom. The van der Waals surface area contributed by atoms with Crippen LogP contribution in [-0.2, 0) is 4.79 Å². The van der Waals surface area contributed by atoms with E-state index >= 15 is 0 Å². The van der Waals surface area contributed by atoms with Crippen molar-refractivity contribution in [3.63, 3.8) is 0 Å². The van der Waals surface area contributed by atoms with Crippen molar-refractivity contribution >= 4 is 5.91 Å². The third kappa shape index (κ3) is 2.01. The van der Waals surface area contributed by atoms with Gasteiger partial charge in [-0.05, 0) is 26.2 Å². The van der Waals surface area contributed by atoms with Gasteiger partial charge in [-0.15, -0.1) is 0 Å². The molecule has 0 aromatic rings. The van der Waals surface area contributed by atoms with Crippen molar-refractivity contribution in [3.8, 4) is 0 Å². The number of rotatable bonds is 3. The summed E-state index contributed by atoms with van der Waals surface area (Å²) in [5, 5.41) is 9.01. The molecule has 0 bridgehead atoms. The first kappa shape index (κ1) is 10.9. The molecular weight excluding hydrogens is 192 g/mol. The molecule has 1 amide bonds. The van der Waals surface area contributed by atoms with Crippen LogP contribution >= 0.6 is 0 Å². The van der Waals surface area contributed by atoms with E-state index < -0.39 is 0 Å². The summed E-state index contributed by atoms with van der Waals surface area (Å²) in [5.41, 5.74) is 0. The van der Waals surface area contributed by atoms with Gasteiger partial charge in [0, 0.05) is 32.3 Å². The number of amides is 1. The van der Waals surface area contributed by atoms with Crippen LogP contribution in [-0.4, -0.2) is 59.1 Å². The zero-order chi connectivity index (χ0) is 11.0. The monoisotopic (exact) mass is 212 g/mol. The van der Waals surface area contributed by atoms with Crippen molar-refractivity contribution in [3.05, 3.63) is 0 Å². The van der Waals surface area contributed by atoms with Crippen LogP contribution in [0.5, 0.6) is 0 Å². The van der Waals surface area contributed by atoms with Gasteiger partial charge in [-0.25, -0.2) is 0 Å². The highest BCUT2D eigenvalue weighted by atomic mass is 16.3. The fourth-order valence-corrected chi connectivity index (χ4v) is 2.37. The SMILES string of the molecule is CC1CN(C2CC2)C(CCO)C(=O)N1C. The molecule has 4 nitrogen and oxygen atoms in total. The molecule has 1 heterocycles. The number of piperazine rings is 1. The normalized spacial score (nSPS) is 33.5. The van der Waals surface area contributed by atoms with Gasteiger partial charge in [0.25, 0.3) is 0 Å². The van der Waals surface area contributed by atoms with Crippen LogP contribution in [0.15, 0.2) is 0 Å². The lowest BCUT2D eigenvalue weighted by molar-refractivity contribution is -0.144. The molecule has 1 saturated heterocycles. The smallest absolute Gasteiger partial charge is 0.240 e. The highest BCUT2D eigenvalue weighted by Gasteiger charge is 2.42. The molecule has 1 aliphatic heterocycles. The van der Waals surface area contributed by atoms with E-state index in [4.69, 9.17) is 5.11 Å². The minimum atomic E-state index is -0.0799. The Kier molecular flexibility index (Phi) is 2.98. The summed E-state index contributed by atoms with van der Waals surface area (Å²) in [6, 6.07) is 0.818. The topological polar surface area (TPSA) is 43.8 Å². The lowest BCUT2D eigenvalue weighted by atomic mass is 10.0. The van der Waals surface area contributed by atoms with Crippen molar-refractivity contribution in [2.75, 3.05) is 20.2 Å². The summed E-state index contributed by atoms with van der Waals surface area (Å²) >= 11 is 0. The van der Waals surface area contributed by atoms with E-state index in [1.807, 2.05) is 11.9 Å². The van der Waals surface area contributed by atoms with E-state index in [0.717, 1.165) is 6.54 Å². The molecule has 0 radical (unpaired) electrons. The molecule has 2 rings (SSSR count). The van der Waals surface area contributed by atoms with Gasteiger partial charge in [-0.1, -0.05) is 0 Å². The molecule has 1 N–H and O–H groups in total. The lowest BCUT2D eigenvalue weighted by Crippen LogP contribution is -2.60. The van der Waals surface area contributed by atoms with Gasteiger partial charge in [0.15, 0.2) is 0 Å². The van der Waals surface area contributed by atoms with Gasteiger partial charge >= 0.3 is 0 Å². The first-order valence-electron chi connectivity index (χ1n) is 5.78. The van der Waals surface area contributed by atoms with E-state index in [2.05, 4.69) is 11.8 Å². The number of hydrogen-bond donors (Lipinski definition) is 1. The minimum absolute atomic E-state index is 0.0799. The average Bonchev–Trinajstić information content (AvgIpc) is 3.02. The van der Waals surface area contributed by atoms with Crippen molar-refractivity contribution in [2.24, 2.45) is 0 Å². The third-order valence-corrected chi connectivity index (χ3v) is 3.59. The van der Waals surface area contributed by atoms with E-state index in [9.17, 15) is 4.79 Å². The second kappa shape index (κ2) is 4.10. The van der Waals surface area contributed by atoms with E-state index in [1.165, 1.54) is 12.8 Å². The molecule has 4 heteroatoms. The number of aliphatic hydroxyl groups excluding tert-OH is 1. The van der Waals surface area contributed by atoms with Crippen LogP contribution in [0.4, 0.5) is 0 Å². The first-order chi connectivity index (χ1) is 7.15. The molecular formula is C11H20N2O2. The second-order valence-electron chi connectivity index (χ2n) is 4.75. The Bertz CT molecular complexity index is 253. The number of aliphatic hydroxyl groups is 1. The maximum absolute atomic E-state index is 12.0. The van der Waals surface area contributed by atoms with Gasteiger partial charge in [0.05, 0.1) is 6.04 Å². The molecule has 0 aromatic heterocycles. The molecule has 0 aromatic carbocycles. The Hall–Kier alpha value is -0.610. The zero-order valence-corrected chi connectivity index (χ0v) is 9.52. The molecule has 2 fully saturated rings. The van der Waals surface area contributed by atoms with Gasteiger partial charge in [0.1, 0.15) is 0 Å². The zero-order valence-electron chi connectivity index (χ0n) is 9.52. The molecule has 2 unspecified atom stereocenters. The highest BCUT2D eigenvalue weighted by Crippen LogP contribution is 2.32. The standard InChI is InChI=1S/C11H20N2O2/c1-8-7-13(9-3-4-9)10(5-6-14)11(15)12(8)2/h8-10,14H,3-7H2,1-2H3. The lowest BCUT2D eigenvalue weighted by Gasteiger charge is -2.43. The van der Waals surface area contributed by atoms with Crippen molar-refractivity contribution in [1.29, 1.82) is 0 Å². The summed E-state index contributed by atoms with van der Waals surface area (Å²) in [7, 11) is 1.86. The molecule has 2 aliphatic rings. The second-order valence-corrected chi connectivity index (χ2v) is 4.75. The van der Waals surface area contributed by atoms with Gasteiger partial charge < -0.3 is 10.0 Å². The van der Waals surface area contributed by atoms with Crippen molar-refractivity contribution in [2.45, 2.75) is 44.3 Å². The molecule has 1 aliphatic carbocycles. The van der Waals surface area contributed by atoms with Gasteiger partial charge in [-0.3, -0.25) is 9.69 Å². The maximum atomic E-state index is 12.0. The molecule has 1 saturated carbocycles. The number of carbonyl (C=O) groups excluding carboxylic acids is 1. The Morgan fingerprint density at radius 3 is 2.67 bits per heavy atom. The van der Waals surface area contributed by atoms with Crippen LogP contribution in [0.3, 0.4) is 0 Å². The number of nitrogens with zero attached hydrogens (tertiary/aromatic N) is 2. The van der Waals surface area contributed by atoms with E-state index in [0.29, 0.717) is 18.5 Å². The molecule has 86 valence electrons. The van der Waals surface area contributed by atoms with Crippen LogP contribution < -0.4 is 0 Å². The van der Waals surface area contributed by atoms with Crippen LogP contribution in [0.2, 0.25) is 0 Å². The average molecular weight is 212 g/mol. The first-order valence-corrected chi connectivity index (χ1v) is 5.78. The molecule has 2 atom stereocenters. The largest absolute Gasteiger partial charge is 0.396 e.